The first-order chi connectivity index (χ1) is 9.77. The number of hydrogen-bond donors (Lipinski definition) is 4. The number of carbonyl (C=O) groups is 4. The van der Waals surface area contributed by atoms with Crippen molar-refractivity contribution >= 4 is 23.5 Å². The zero-order valence-electron chi connectivity index (χ0n) is 12.3. The molecule has 0 radical (unpaired) electrons. The Balaban J connectivity index is 4.55. The zero-order chi connectivity index (χ0) is 16.4. The van der Waals surface area contributed by atoms with Crippen molar-refractivity contribution in [2.75, 3.05) is 0 Å². The third kappa shape index (κ3) is 8.74. The molecular formula is C13H24N4O4. The fourth-order valence-corrected chi connectivity index (χ4v) is 1.73. The van der Waals surface area contributed by atoms with Gasteiger partial charge in [-0.05, 0) is 19.3 Å². The minimum atomic E-state index is -0.928. The van der Waals surface area contributed by atoms with Gasteiger partial charge < -0.3 is 22.5 Å². The fourth-order valence-electron chi connectivity index (χ4n) is 1.73. The Bertz CT molecular complexity index is 398. The van der Waals surface area contributed by atoms with Gasteiger partial charge in [0.2, 0.25) is 17.7 Å². The van der Waals surface area contributed by atoms with Crippen molar-refractivity contribution in [2.24, 2.45) is 17.2 Å². The van der Waals surface area contributed by atoms with Crippen molar-refractivity contribution < 1.29 is 19.2 Å². The van der Waals surface area contributed by atoms with Gasteiger partial charge in [0.1, 0.15) is 0 Å². The van der Waals surface area contributed by atoms with Gasteiger partial charge in [-0.25, -0.2) is 0 Å². The highest BCUT2D eigenvalue weighted by Crippen LogP contribution is 2.05. The molecule has 0 bridgehead atoms. The average Bonchev–Trinajstić information content (AvgIpc) is 2.40. The Kier molecular flexibility index (Phi) is 8.95. The van der Waals surface area contributed by atoms with Gasteiger partial charge in [0, 0.05) is 19.3 Å². The SMILES string of the molecule is CCCC(=O)[C@H](CCC(N)=O)NC(=O)[C@@H](N)CCC(N)=O. The molecule has 0 fully saturated rings. The van der Waals surface area contributed by atoms with Gasteiger partial charge in [0.25, 0.3) is 0 Å². The Labute approximate surface area is 123 Å². The Morgan fingerprint density at radius 3 is 1.95 bits per heavy atom. The molecule has 3 amide bonds. The molecule has 0 aromatic heterocycles. The summed E-state index contributed by atoms with van der Waals surface area (Å²) < 4.78 is 0. The van der Waals surface area contributed by atoms with Crippen LogP contribution in [-0.4, -0.2) is 35.6 Å². The molecule has 8 nitrogen and oxygen atoms in total. The summed E-state index contributed by atoms with van der Waals surface area (Å²) >= 11 is 0. The molecule has 2 atom stereocenters. The summed E-state index contributed by atoms with van der Waals surface area (Å²) in [5, 5.41) is 2.51. The number of carbonyl (C=O) groups excluding carboxylic acids is 4. The highest BCUT2D eigenvalue weighted by atomic mass is 16.2. The molecule has 120 valence electrons. The van der Waals surface area contributed by atoms with E-state index in [0.29, 0.717) is 12.8 Å². The average molecular weight is 300 g/mol. The van der Waals surface area contributed by atoms with Crippen molar-refractivity contribution in [3.05, 3.63) is 0 Å². The standard InChI is InChI=1S/C13H24N4O4/c1-2-3-10(18)9(5-7-12(16)20)17-13(21)8(14)4-6-11(15)19/h8-9H,2-7,14H2,1H3,(H2,15,19)(H2,16,20)(H,17,21)/t8-,9-/m0/s1. The number of primary amides is 2. The molecule has 0 aliphatic rings. The highest BCUT2D eigenvalue weighted by Gasteiger charge is 2.23. The van der Waals surface area contributed by atoms with Crippen molar-refractivity contribution in [3.63, 3.8) is 0 Å². The quantitative estimate of drug-likeness (QED) is 0.372. The van der Waals surface area contributed by atoms with Crippen LogP contribution in [0.1, 0.15) is 45.4 Å². The largest absolute Gasteiger partial charge is 0.370 e. The van der Waals surface area contributed by atoms with E-state index in [2.05, 4.69) is 5.32 Å². The molecule has 0 saturated heterocycles. The lowest BCUT2D eigenvalue weighted by Crippen LogP contribution is -2.48. The molecule has 8 heteroatoms. The number of nitrogens with one attached hydrogen (secondary N) is 1. The summed E-state index contributed by atoms with van der Waals surface area (Å²) in [7, 11) is 0. The van der Waals surface area contributed by atoms with Crippen LogP contribution in [0.3, 0.4) is 0 Å². The molecule has 0 aromatic rings. The summed E-state index contributed by atoms with van der Waals surface area (Å²) in [5.41, 5.74) is 15.6. The van der Waals surface area contributed by atoms with E-state index in [-0.39, 0.29) is 31.5 Å². The van der Waals surface area contributed by atoms with Crippen molar-refractivity contribution in [3.8, 4) is 0 Å². The van der Waals surface area contributed by atoms with Crippen LogP contribution in [0.5, 0.6) is 0 Å². The van der Waals surface area contributed by atoms with E-state index in [4.69, 9.17) is 17.2 Å². The summed E-state index contributed by atoms with van der Waals surface area (Å²) in [4.78, 5) is 45.2. The molecule has 7 N–H and O–H groups in total. The van der Waals surface area contributed by atoms with Gasteiger partial charge in [-0.15, -0.1) is 0 Å². The van der Waals surface area contributed by atoms with Gasteiger partial charge in [-0.1, -0.05) is 6.92 Å². The molecule has 0 aliphatic heterocycles. The molecule has 0 unspecified atom stereocenters. The molecule has 0 aromatic carbocycles. The molecule has 0 rings (SSSR count). The van der Waals surface area contributed by atoms with Gasteiger partial charge in [0.15, 0.2) is 5.78 Å². The van der Waals surface area contributed by atoms with Gasteiger partial charge in [-0.3, -0.25) is 19.2 Å². The number of nitrogens with two attached hydrogens (primary N) is 3. The molecule has 0 heterocycles. The van der Waals surface area contributed by atoms with Crippen molar-refractivity contribution in [1.29, 1.82) is 0 Å². The zero-order valence-corrected chi connectivity index (χ0v) is 12.3. The summed E-state index contributed by atoms with van der Waals surface area (Å²) in [6.07, 6.45) is 1.16. The van der Waals surface area contributed by atoms with E-state index < -0.39 is 29.8 Å². The van der Waals surface area contributed by atoms with Crippen LogP contribution in [0, 0.1) is 0 Å². The molecule has 0 aliphatic carbocycles. The third-order valence-electron chi connectivity index (χ3n) is 2.92. The normalized spacial score (nSPS) is 13.2. The lowest BCUT2D eigenvalue weighted by atomic mass is 10.0. The maximum absolute atomic E-state index is 11.9. The van der Waals surface area contributed by atoms with Gasteiger partial charge in [-0.2, -0.15) is 0 Å². The molecule has 21 heavy (non-hydrogen) atoms. The maximum atomic E-state index is 11.9. The predicted octanol–water partition coefficient (Wildman–Crippen LogP) is -1.30. The smallest absolute Gasteiger partial charge is 0.237 e. The fraction of sp³-hybridized carbons (Fsp3) is 0.692. The second kappa shape index (κ2) is 9.87. The highest BCUT2D eigenvalue weighted by molar-refractivity contribution is 5.91. The third-order valence-corrected chi connectivity index (χ3v) is 2.92. The topological polar surface area (TPSA) is 158 Å². The lowest BCUT2D eigenvalue weighted by molar-refractivity contribution is -0.129. The monoisotopic (exact) mass is 300 g/mol. The predicted molar refractivity (Wildman–Crippen MR) is 76.7 cm³/mol. The van der Waals surface area contributed by atoms with Crippen molar-refractivity contribution in [1.82, 2.24) is 5.32 Å². The number of amides is 3. The molecular weight excluding hydrogens is 276 g/mol. The number of hydrogen-bond acceptors (Lipinski definition) is 5. The summed E-state index contributed by atoms with van der Waals surface area (Å²) in [6.45, 7) is 1.84. The maximum Gasteiger partial charge on any atom is 0.237 e. The van der Waals surface area contributed by atoms with E-state index in [9.17, 15) is 19.2 Å². The Morgan fingerprint density at radius 1 is 0.952 bits per heavy atom. The van der Waals surface area contributed by atoms with E-state index >= 15 is 0 Å². The van der Waals surface area contributed by atoms with Crippen molar-refractivity contribution in [2.45, 2.75) is 57.5 Å². The van der Waals surface area contributed by atoms with Crippen LogP contribution in [0.2, 0.25) is 0 Å². The minimum absolute atomic E-state index is 0.00305. The van der Waals surface area contributed by atoms with Gasteiger partial charge in [0.05, 0.1) is 12.1 Å². The Hall–Kier alpha value is -1.96. The van der Waals surface area contributed by atoms with Crippen LogP contribution in [0.4, 0.5) is 0 Å². The van der Waals surface area contributed by atoms with E-state index in [1.165, 1.54) is 0 Å². The molecule has 0 spiro atoms. The first kappa shape index (κ1) is 19.0. The number of ketones is 1. The van der Waals surface area contributed by atoms with Crippen LogP contribution < -0.4 is 22.5 Å². The van der Waals surface area contributed by atoms with Crippen LogP contribution >= 0.6 is 0 Å². The van der Waals surface area contributed by atoms with Crippen LogP contribution in [-0.2, 0) is 19.2 Å². The second-order valence-electron chi connectivity index (χ2n) is 4.89. The minimum Gasteiger partial charge on any atom is -0.370 e. The molecule has 0 saturated carbocycles. The van der Waals surface area contributed by atoms with Gasteiger partial charge >= 0.3 is 0 Å². The second-order valence-corrected chi connectivity index (χ2v) is 4.89. The number of Topliss-reactive ketones (excluding diaryl/α,β-unsaturated/α-hetero) is 1. The lowest BCUT2D eigenvalue weighted by Gasteiger charge is -2.19. The number of rotatable bonds is 11. The van der Waals surface area contributed by atoms with E-state index in [1.54, 1.807) is 0 Å². The summed E-state index contributed by atoms with van der Waals surface area (Å²) in [5.74, 6) is -1.81. The van der Waals surface area contributed by atoms with Crippen LogP contribution in [0.15, 0.2) is 0 Å². The van der Waals surface area contributed by atoms with Crippen LogP contribution in [0.25, 0.3) is 0 Å². The van der Waals surface area contributed by atoms with E-state index in [1.807, 2.05) is 6.92 Å². The first-order valence-electron chi connectivity index (χ1n) is 6.93. The first-order valence-corrected chi connectivity index (χ1v) is 6.93. The Morgan fingerprint density at radius 2 is 1.48 bits per heavy atom. The summed E-state index contributed by atoms with van der Waals surface area (Å²) in [6, 6.07) is -1.72. The van der Waals surface area contributed by atoms with E-state index in [0.717, 1.165) is 0 Å².